The fourth-order valence-corrected chi connectivity index (χ4v) is 1.62. The Morgan fingerprint density at radius 2 is 2.29 bits per heavy atom. The lowest BCUT2D eigenvalue weighted by Crippen LogP contribution is -2.36. The molecule has 0 unspecified atom stereocenters. The first-order chi connectivity index (χ1) is 8.04. The summed E-state index contributed by atoms with van der Waals surface area (Å²) in [5.74, 6) is 0.385. The maximum atomic E-state index is 12.2. The minimum Gasteiger partial charge on any atom is -0.397 e. The molecule has 0 aliphatic heterocycles. The molecular formula is C12H21N3O2. The number of nitrogens with one attached hydrogen (secondary N) is 1. The lowest BCUT2D eigenvalue weighted by molar-refractivity contribution is 0.0667. The molecule has 0 spiro atoms. The highest BCUT2D eigenvalue weighted by atomic mass is 16.5. The molecule has 5 nitrogen and oxygen atoms in total. The predicted molar refractivity (Wildman–Crippen MR) is 67.8 cm³/mol. The predicted octanol–water partition coefficient (Wildman–Crippen LogP) is 1.34. The first-order valence-electron chi connectivity index (χ1n) is 5.76. The number of aromatic amines is 1. The fourth-order valence-electron chi connectivity index (χ4n) is 1.62. The normalized spacial score (nSPS) is 10.8. The molecule has 3 N–H and O–H groups in total. The van der Waals surface area contributed by atoms with Crippen LogP contribution in [-0.2, 0) is 4.74 Å². The quantitative estimate of drug-likeness (QED) is 0.787. The first kappa shape index (κ1) is 13.6. The number of hydrogen-bond acceptors (Lipinski definition) is 3. The number of rotatable bonds is 6. The van der Waals surface area contributed by atoms with Crippen molar-refractivity contribution in [1.82, 2.24) is 9.88 Å². The van der Waals surface area contributed by atoms with E-state index < -0.39 is 0 Å². The molecule has 1 amide bonds. The van der Waals surface area contributed by atoms with E-state index in [1.807, 2.05) is 0 Å². The minimum atomic E-state index is -0.0348. The van der Waals surface area contributed by atoms with Gasteiger partial charge in [0.15, 0.2) is 0 Å². The van der Waals surface area contributed by atoms with E-state index >= 15 is 0 Å². The molecule has 0 aliphatic carbocycles. The highest BCUT2D eigenvalue weighted by molar-refractivity contribution is 5.93. The Bertz CT molecular complexity index is 360. The standard InChI is InChI=1S/C12H21N3O2/c1-9(2)8-15(4-5-17-3)12(16)11-6-10(13)7-14-11/h6-7,9,14H,4-5,8,13H2,1-3H3. The van der Waals surface area contributed by atoms with Gasteiger partial charge < -0.3 is 20.4 Å². The van der Waals surface area contributed by atoms with E-state index in [0.29, 0.717) is 37.0 Å². The van der Waals surface area contributed by atoms with Crippen LogP contribution in [0.15, 0.2) is 12.3 Å². The molecular weight excluding hydrogens is 218 g/mol. The van der Waals surface area contributed by atoms with Crippen LogP contribution in [0.25, 0.3) is 0 Å². The van der Waals surface area contributed by atoms with Crippen molar-refractivity contribution in [3.8, 4) is 0 Å². The minimum absolute atomic E-state index is 0.0348. The van der Waals surface area contributed by atoms with Crippen LogP contribution in [0.5, 0.6) is 0 Å². The van der Waals surface area contributed by atoms with Gasteiger partial charge in [-0.05, 0) is 12.0 Å². The maximum Gasteiger partial charge on any atom is 0.270 e. The van der Waals surface area contributed by atoms with Crippen LogP contribution in [0, 0.1) is 5.92 Å². The van der Waals surface area contributed by atoms with Crippen LogP contribution in [0.2, 0.25) is 0 Å². The summed E-state index contributed by atoms with van der Waals surface area (Å²) in [6, 6.07) is 1.66. The third-order valence-electron chi connectivity index (χ3n) is 2.37. The van der Waals surface area contributed by atoms with Gasteiger partial charge in [0.25, 0.3) is 5.91 Å². The molecule has 1 aromatic heterocycles. The molecule has 0 saturated heterocycles. The number of ether oxygens (including phenoxy) is 1. The number of aromatic nitrogens is 1. The van der Waals surface area contributed by atoms with Crippen molar-refractivity contribution in [2.75, 3.05) is 32.5 Å². The van der Waals surface area contributed by atoms with Gasteiger partial charge in [-0.3, -0.25) is 4.79 Å². The Labute approximate surface area is 102 Å². The summed E-state index contributed by atoms with van der Waals surface area (Å²) in [7, 11) is 1.63. The van der Waals surface area contributed by atoms with Crippen LogP contribution >= 0.6 is 0 Å². The zero-order valence-corrected chi connectivity index (χ0v) is 10.7. The number of carbonyl (C=O) groups is 1. The Kier molecular flexibility index (Phi) is 5.03. The molecule has 17 heavy (non-hydrogen) atoms. The number of anilines is 1. The summed E-state index contributed by atoms with van der Waals surface area (Å²) in [5, 5.41) is 0. The Hall–Kier alpha value is -1.49. The number of hydrogen-bond donors (Lipinski definition) is 2. The second-order valence-corrected chi connectivity index (χ2v) is 4.48. The van der Waals surface area contributed by atoms with Crippen LogP contribution in [0.1, 0.15) is 24.3 Å². The van der Waals surface area contributed by atoms with Gasteiger partial charge >= 0.3 is 0 Å². The van der Waals surface area contributed by atoms with Crippen LogP contribution in [0.4, 0.5) is 5.69 Å². The van der Waals surface area contributed by atoms with Crippen molar-refractivity contribution >= 4 is 11.6 Å². The van der Waals surface area contributed by atoms with E-state index in [-0.39, 0.29) is 5.91 Å². The molecule has 1 aromatic rings. The topological polar surface area (TPSA) is 71.3 Å². The SMILES string of the molecule is COCCN(CC(C)C)C(=O)c1cc(N)c[nH]1. The van der Waals surface area contributed by atoms with Gasteiger partial charge in [-0.15, -0.1) is 0 Å². The summed E-state index contributed by atoms with van der Waals surface area (Å²) in [6.07, 6.45) is 1.62. The Morgan fingerprint density at radius 1 is 1.59 bits per heavy atom. The van der Waals surface area contributed by atoms with Gasteiger partial charge in [-0.25, -0.2) is 0 Å². The number of nitrogens with two attached hydrogens (primary N) is 1. The number of H-pyrrole nitrogens is 1. The van der Waals surface area contributed by atoms with Crippen molar-refractivity contribution in [3.63, 3.8) is 0 Å². The second-order valence-electron chi connectivity index (χ2n) is 4.48. The van der Waals surface area contributed by atoms with E-state index in [0.717, 1.165) is 0 Å². The molecule has 0 saturated carbocycles. The van der Waals surface area contributed by atoms with E-state index in [2.05, 4.69) is 18.8 Å². The van der Waals surface area contributed by atoms with Crippen molar-refractivity contribution in [2.24, 2.45) is 5.92 Å². The highest BCUT2D eigenvalue weighted by Gasteiger charge is 2.17. The summed E-state index contributed by atoms with van der Waals surface area (Å²) in [5.41, 5.74) is 6.69. The number of carbonyl (C=O) groups excluding carboxylic acids is 1. The van der Waals surface area contributed by atoms with Gasteiger partial charge in [0.05, 0.1) is 6.61 Å². The summed E-state index contributed by atoms with van der Waals surface area (Å²) < 4.78 is 5.02. The molecule has 5 heteroatoms. The fraction of sp³-hybridized carbons (Fsp3) is 0.583. The average Bonchev–Trinajstić information content (AvgIpc) is 2.69. The van der Waals surface area contributed by atoms with Gasteiger partial charge in [0.1, 0.15) is 5.69 Å². The van der Waals surface area contributed by atoms with Crippen molar-refractivity contribution in [1.29, 1.82) is 0 Å². The Morgan fingerprint density at radius 3 is 2.76 bits per heavy atom. The molecule has 0 aromatic carbocycles. The number of methoxy groups -OCH3 is 1. The van der Waals surface area contributed by atoms with Crippen LogP contribution < -0.4 is 5.73 Å². The summed E-state index contributed by atoms with van der Waals surface area (Å²) in [6.45, 7) is 5.99. The van der Waals surface area contributed by atoms with Gasteiger partial charge in [-0.1, -0.05) is 13.8 Å². The number of nitrogen functional groups attached to an aromatic ring is 1. The van der Waals surface area contributed by atoms with E-state index in [1.165, 1.54) is 0 Å². The first-order valence-corrected chi connectivity index (χ1v) is 5.76. The lowest BCUT2D eigenvalue weighted by Gasteiger charge is -2.23. The zero-order chi connectivity index (χ0) is 12.8. The molecule has 0 radical (unpaired) electrons. The second kappa shape index (κ2) is 6.30. The third kappa shape index (κ3) is 4.11. The molecule has 0 fully saturated rings. The molecule has 0 atom stereocenters. The summed E-state index contributed by atoms with van der Waals surface area (Å²) >= 11 is 0. The maximum absolute atomic E-state index is 12.2. The van der Waals surface area contributed by atoms with Crippen molar-refractivity contribution in [2.45, 2.75) is 13.8 Å². The summed E-state index contributed by atoms with van der Waals surface area (Å²) in [4.78, 5) is 16.8. The van der Waals surface area contributed by atoms with Crippen molar-refractivity contribution < 1.29 is 9.53 Å². The molecule has 0 aliphatic rings. The van der Waals surface area contributed by atoms with Crippen LogP contribution in [0.3, 0.4) is 0 Å². The molecule has 1 heterocycles. The lowest BCUT2D eigenvalue weighted by atomic mass is 10.2. The van der Waals surface area contributed by atoms with E-state index in [4.69, 9.17) is 10.5 Å². The Balaban J connectivity index is 2.71. The van der Waals surface area contributed by atoms with Gasteiger partial charge in [0.2, 0.25) is 0 Å². The van der Waals surface area contributed by atoms with Crippen molar-refractivity contribution in [3.05, 3.63) is 18.0 Å². The monoisotopic (exact) mass is 239 g/mol. The largest absolute Gasteiger partial charge is 0.397 e. The molecule has 0 bridgehead atoms. The number of nitrogens with zero attached hydrogens (tertiary/aromatic N) is 1. The highest BCUT2D eigenvalue weighted by Crippen LogP contribution is 2.09. The average molecular weight is 239 g/mol. The van der Waals surface area contributed by atoms with Crippen LogP contribution in [-0.4, -0.2) is 42.6 Å². The van der Waals surface area contributed by atoms with E-state index in [1.54, 1.807) is 24.3 Å². The van der Waals surface area contributed by atoms with Gasteiger partial charge in [-0.2, -0.15) is 0 Å². The smallest absolute Gasteiger partial charge is 0.270 e. The third-order valence-corrected chi connectivity index (χ3v) is 2.37. The molecule has 1 rings (SSSR count). The molecule has 96 valence electrons. The number of amides is 1. The van der Waals surface area contributed by atoms with E-state index in [9.17, 15) is 4.79 Å². The van der Waals surface area contributed by atoms with Gasteiger partial charge in [0, 0.05) is 32.1 Å². The zero-order valence-electron chi connectivity index (χ0n) is 10.7.